The van der Waals surface area contributed by atoms with E-state index in [1.165, 1.54) is 18.2 Å². The van der Waals surface area contributed by atoms with Crippen molar-refractivity contribution in [1.82, 2.24) is 9.78 Å². The van der Waals surface area contributed by atoms with E-state index in [4.69, 9.17) is 21.4 Å². The van der Waals surface area contributed by atoms with Gasteiger partial charge in [-0.05, 0) is 40.5 Å². The minimum absolute atomic E-state index is 0.0772. The SMILES string of the molecule is CCc1nn(C)c(COc2cc(Cl)ccc2C(=O)O)c1Br. The summed E-state index contributed by atoms with van der Waals surface area (Å²) < 4.78 is 8.23. The summed E-state index contributed by atoms with van der Waals surface area (Å²) in [5, 5.41) is 13.9. The molecule has 0 amide bonds. The highest BCUT2D eigenvalue weighted by Crippen LogP contribution is 2.27. The molecule has 0 saturated heterocycles. The van der Waals surface area contributed by atoms with Gasteiger partial charge in [-0.3, -0.25) is 4.68 Å². The van der Waals surface area contributed by atoms with Crippen molar-refractivity contribution < 1.29 is 14.6 Å². The monoisotopic (exact) mass is 372 g/mol. The second-order valence-electron chi connectivity index (χ2n) is 4.42. The van der Waals surface area contributed by atoms with E-state index < -0.39 is 5.97 Å². The van der Waals surface area contributed by atoms with E-state index in [2.05, 4.69) is 21.0 Å². The molecule has 0 atom stereocenters. The highest BCUT2D eigenvalue weighted by atomic mass is 79.9. The summed E-state index contributed by atoms with van der Waals surface area (Å²) in [6.07, 6.45) is 0.798. The maximum atomic E-state index is 11.2. The fourth-order valence-electron chi connectivity index (χ4n) is 1.92. The van der Waals surface area contributed by atoms with Gasteiger partial charge in [0.25, 0.3) is 0 Å². The molecule has 0 saturated carbocycles. The zero-order chi connectivity index (χ0) is 15.6. The van der Waals surface area contributed by atoms with Crippen LogP contribution in [0.15, 0.2) is 22.7 Å². The smallest absolute Gasteiger partial charge is 0.339 e. The van der Waals surface area contributed by atoms with Crippen LogP contribution in [0.5, 0.6) is 5.75 Å². The molecule has 2 aromatic rings. The third-order valence-electron chi connectivity index (χ3n) is 3.04. The average Bonchev–Trinajstić information content (AvgIpc) is 2.71. The lowest BCUT2D eigenvalue weighted by Gasteiger charge is -2.10. The summed E-state index contributed by atoms with van der Waals surface area (Å²) in [4.78, 5) is 11.2. The van der Waals surface area contributed by atoms with Crippen molar-refractivity contribution in [3.05, 3.63) is 44.6 Å². The molecular formula is C14H14BrClN2O3. The number of aryl methyl sites for hydroxylation is 2. The van der Waals surface area contributed by atoms with Gasteiger partial charge in [-0.15, -0.1) is 0 Å². The first kappa shape index (κ1) is 15.9. The van der Waals surface area contributed by atoms with E-state index in [0.29, 0.717) is 5.02 Å². The lowest BCUT2D eigenvalue weighted by molar-refractivity contribution is 0.0691. The normalized spacial score (nSPS) is 10.7. The largest absolute Gasteiger partial charge is 0.486 e. The lowest BCUT2D eigenvalue weighted by atomic mass is 10.2. The van der Waals surface area contributed by atoms with Gasteiger partial charge in [-0.25, -0.2) is 4.79 Å². The van der Waals surface area contributed by atoms with Crippen LogP contribution in [0.4, 0.5) is 0 Å². The number of nitrogens with zero attached hydrogens (tertiary/aromatic N) is 2. The number of ether oxygens (including phenoxy) is 1. The second kappa shape index (κ2) is 6.49. The molecule has 1 heterocycles. The standard InChI is InChI=1S/C14H14BrClN2O3/c1-3-10-13(15)11(18(2)17-10)7-21-12-6-8(16)4-5-9(12)14(19)20/h4-6H,3,7H2,1-2H3,(H,19,20). The maximum absolute atomic E-state index is 11.2. The minimum atomic E-state index is -1.06. The van der Waals surface area contributed by atoms with Crippen LogP contribution in [0.2, 0.25) is 5.02 Å². The number of benzene rings is 1. The molecule has 5 nitrogen and oxygen atoms in total. The third-order valence-corrected chi connectivity index (χ3v) is 4.19. The van der Waals surface area contributed by atoms with E-state index >= 15 is 0 Å². The summed E-state index contributed by atoms with van der Waals surface area (Å²) in [7, 11) is 1.82. The number of hydrogen-bond donors (Lipinski definition) is 1. The summed E-state index contributed by atoms with van der Waals surface area (Å²) in [6, 6.07) is 4.44. The number of aromatic nitrogens is 2. The van der Waals surface area contributed by atoms with Crippen molar-refractivity contribution in [3.63, 3.8) is 0 Å². The molecule has 0 radical (unpaired) electrons. The molecule has 0 aliphatic carbocycles. The van der Waals surface area contributed by atoms with Crippen molar-refractivity contribution in [2.45, 2.75) is 20.0 Å². The minimum Gasteiger partial charge on any atom is -0.486 e. The number of rotatable bonds is 5. The van der Waals surface area contributed by atoms with Crippen molar-refractivity contribution in [3.8, 4) is 5.75 Å². The van der Waals surface area contributed by atoms with Gasteiger partial charge in [0.05, 0.1) is 15.9 Å². The first-order chi connectivity index (χ1) is 9.93. The Kier molecular flexibility index (Phi) is 4.90. The lowest BCUT2D eigenvalue weighted by Crippen LogP contribution is -2.07. The molecule has 21 heavy (non-hydrogen) atoms. The number of hydrogen-bond acceptors (Lipinski definition) is 3. The number of carboxylic acids is 1. The molecule has 1 aromatic heterocycles. The number of aromatic carboxylic acids is 1. The van der Waals surface area contributed by atoms with Crippen LogP contribution in [-0.2, 0) is 20.1 Å². The number of carbonyl (C=O) groups is 1. The molecule has 1 aromatic carbocycles. The van der Waals surface area contributed by atoms with Crippen LogP contribution in [0.25, 0.3) is 0 Å². The molecule has 0 bridgehead atoms. The van der Waals surface area contributed by atoms with Gasteiger partial charge in [-0.2, -0.15) is 5.10 Å². The zero-order valence-electron chi connectivity index (χ0n) is 11.6. The first-order valence-electron chi connectivity index (χ1n) is 6.30. The Morgan fingerprint density at radius 3 is 2.81 bits per heavy atom. The Bertz CT molecular complexity index is 685. The van der Waals surface area contributed by atoms with Gasteiger partial charge in [0.15, 0.2) is 0 Å². The van der Waals surface area contributed by atoms with Gasteiger partial charge in [0, 0.05) is 12.1 Å². The highest BCUT2D eigenvalue weighted by Gasteiger charge is 2.16. The van der Waals surface area contributed by atoms with Crippen LogP contribution in [-0.4, -0.2) is 20.9 Å². The molecule has 0 fully saturated rings. The predicted molar refractivity (Wildman–Crippen MR) is 83.0 cm³/mol. The molecule has 0 spiro atoms. The van der Waals surface area contributed by atoms with Crippen LogP contribution < -0.4 is 4.74 Å². The van der Waals surface area contributed by atoms with Gasteiger partial charge in [0.2, 0.25) is 0 Å². The van der Waals surface area contributed by atoms with Crippen molar-refractivity contribution in [2.75, 3.05) is 0 Å². The van der Waals surface area contributed by atoms with Crippen molar-refractivity contribution in [1.29, 1.82) is 0 Å². The number of halogens is 2. The van der Waals surface area contributed by atoms with Crippen LogP contribution in [0.3, 0.4) is 0 Å². The Hall–Kier alpha value is -1.53. The second-order valence-corrected chi connectivity index (χ2v) is 5.65. The van der Waals surface area contributed by atoms with E-state index in [0.717, 1.165) is 22.3 Å². The summed E-state index contributed by atoms with van der Waals surface area (Å²) in [5.41, 5.74) is 1.84. The maximum Gasteiger partial charge on any atom is 0.339 e. The summed E-state index contributed by atoms with van der Waals surface area (Å²) in [6.45, 7) is 2.21. The molecule has 1 N–H and O–H groups in total. The van der Waals surface area contributed by atoms with E-state index in [1.54, 1.807) is 4.68 Å². The summed E-state index contributed by atoms with van der Waals surface area (Å²) in [5.74, 6) is -0.818. The molecule has 0 aliphatic heterocycles. The van der Waals surface area contributed by atoms with E-state index in [-0.39, 0.29) is 17.9 Å². The molecular weight excluding hydrogens is 360 g/mol. The molecule has 7 heteroatoms. The average molecular weight is 374 g/mol. The van der Waals surface area contributed by atoms with Crippen molar-refractivity contribution in [2.24, 2.45) is 7.05 Å². The Labute approximate surface area is 135 Å². The molecule has 2 rings (SSSR count). The quantitative estimate of drug-likeness (QED) is 0.868. The summed E-state index contributed by atoms with van der Waals surface area (Å²) >= 11 is 9.38. The molecule has 0 aliphatic rings. The zero-order valence-corrected chi connectivity index (χ0v) is 13.9. The topological polar surface area (TPSA) is 64.4 Å². The van der Waals surface area contributed by atoms with Crippen LogP contribution in [0, 0.1) is 0 Å². The fourth-order valence-corrected chi connectivity index (χ4v) is 2.81. The Morgan fingerprint density at radius 2 is 2.24 bits per heavy atom. The number of carboxylic acid groups (broad SMARTS) is 1. The van der Waals surface area contributed by atoms with Crippen LogP contribution in [0.1, 0.15) is 28.7 Å². The van der Waals surface area contributed by atoms with Crippen LogP contribution >= 0.6 is 27.5 Å². The first-order valence-corrected chi connectivity index (χ1v) is 7.47. The van der Waals surface area contributed by atoms with Gasteiger partial charge in [-0.1, -0.05) is 18.5 Å². The molecule has 112 valence electrons. The fraction of sp³-hybridized carbons (Fsp3) is 0.286. The van der Waals surface area contributed by atoms with Gasteiger partial charge < -0.3 is 9.84 Å². The predicted octanol–water partition coefficient (Wildman–Crippen LogP) is 3.68. The van der Waals surface area contributed by atoms with E-state index in [1.807, 2.05) is 14.0 Å². The van der Waals surface area contributed by atoms with Crippen molar-refractivity contribution >= 4 is 33.5 Å². The Morgan fingerprint density at radius 1 is 1.52 bits per heavy atom. The van der Waals surface area contributed by atoms with E-state index in [9.17, 15) is 4.79 Å². The van der Waals surface area contributed by atoms with Gasteiger partial charge in [0.1, 0.15) is 17.9 Å². The Balaban J connectivity index is 2.26. The molecule has 0 unspecified atom stereocenters. The third kappa shape index (κ3) is 3.39. The van der Waals surface area contributed by atoms with Gasteiger partial charge >= 0.3 is 5.97 Å². The highest BCUT2D eigenvalue weighted by molar-refractivity contribution is 9.10.